The molecule has 1 spiro atoms. The molecule has 0 aliphatic carbocycles. The third kappa shape index (κ3) is 6.02. The first-order valence-corrected chi connectivity index (χ1v) is 17.4. The fraction of sp³-hybridized carbons (Fsp3) is 0.471. The second kappa shape index (κ2) is 12.0. The highest BCUT2D eigenvalue weighted by atomic mass is 32.2. The maximum Gasteiger partial charge on any atom is 0.257 e. The van der Waals surface area contributed by atoms with Crippen LogP contribution in [-0.4, -0.2) is 90.4 Å². The van der Waals surface area contributed by atoms with Crippen LogP contribution >= 0.6 is 0 Å². The Morgan fingerprint density at radius 3 is 2.18 bits per heavy atom. The zero-order valence-electron chi connectivity index (χ0n) is 25.8. The van der Waals surface area contributed by atoms with E-state index in [2.05, 4.69) is 39.1 Å². The predicted molar refractivity (Wildman–Crippen MR) is 168 cm³/mol. The second-order valence-corrected chi connectivity index (χ2v) is 14.9. The normalized spacial score (nSPS) is 22.2. The SMILES string of the molecule is Cc1ncnc(C)c1C(=O)N1C[C@H](CN2CCC3(CC2)CCN(Cc2ccc(S(C)(=O)=O)cc2)C3=O)[C@@H](c2ccccc2)C1. The van der Waals surface area contributed by atoms with E-state index in [1.807, 2.05) is 41.8 Å². The fourth-order valence-electron chi connectivity index (χ4n) is 7.43. The third-order valence-corrected chi connectivity index (χ3v) is 11.2. The van der Waals surface area contributed by atoms with E-state index in [9.17, 15) is 18.0 Å². The fourth-order valence-corrected chi connectivity index (χ4v) is 8.06. The third-order valence-electron chi connectivity index (χ3n) is 10.0. The molecular weight excluding hydrogens is 574 g/mol. The first kappa shape index (κ1) is 30.4. The molecule has 6 rings (SSSR count). The summed E-state index contributed by atoms with van der Waals surface area (Å²) in [5.74, 6) is 0.745. The molecule has 0 bridgehead atoms. The molecule has 2 atom stereocenters. The Kier molecular flexibility index (Phi) is 8.32. The number of amides is 2. The molecule has 44 heavy (non-hydrogen) atoms. The van der Waals surface area contributed by atoms with Crippen LogP contribution in [0, 0.1) is 25.2 Å². The van der Waals surface area contributed by atoms with Crippen molar-refractivity contribution in [2.45, 2.75) is 50.5 Å². The Bertz CT molecular complexity index is 1620. The maximum absolute atomic E-state index is 13.7. The lowest BCUT2D eigenvalue weighted by atomic mass is 9.76. The lowest BCUT2D eigenvalue weighted by molar-refractivity contribution is -0.139. The minimum absolute atomic E-state index is 0.00392. The number of benzene rings is 2. The van der Waals surface area contributed by atoms with Crippen molar-refractivity contribution in [2.75, 3.05) is 45.5 Å². The zero-order valence-corrected chi connectivity index (χ0v) is 26.6. The van der Waals surface area contributed by atoms with Gasteiger partial charge < -0.3 is 14.7 Å². The summed E-state index contributed by atoms with van der Waals surface area (Å²) in [4.78, 5) is 42.6. The van der Waals surface area contributed by atoms with Crippen LogP contribution in [0.15, 0.2) is 65.8 Å². The van der Waals surface area contributed by atoms with Gasteiger partial charge in [0.05, 0.1) is 27.3 Å². The smallest absolute Gasteiger partial charge is 0.257 e. The number of carbonyl (C=O) groups is 2. The number of sulfone groups is 1. The Hall–Kier alpha value is -3.63. The average molecular weight is 616 g/mol. The van der Waals surface area contributed by atoms with Gasteiger partial charge in [0.15, 0.2) is 9.84 Å². The van der Waals surface area contributed by atoms with Crippen molar-refractivity contribution in [3.63, 3.8) is 0 Å². The van der Waals surface area contributed by atoms with Crippen molar-refractivity contribution in [1.29, 1.82) is 0 Å². The van der Waals surface area contributed by atoms with Crippen LogP contribution < -0.4 is 0 Å². The van der Waals surface area contributed by atoms with E-state index in [0.29, 0.717) is 41.5 Å². The Balaban J connectivity index is 1.10. The summed E-state index contributed by atoms with van der Waals surface area (Å²) in [6.07, 6.45) is 5.24. The molecule has 0 radical (unpaired) electrons. The average Bonchev–Trinajstić information content (AvgIpc) is 3.56. The van der Waals surface area contributed by atoms with E-state index in [1.54, 1.807) is 12.1 Å². The summed E-state index contributed by atoms with van der Waals surface area (Å²) < 4.78 is 23.6. The van der Waals surface area contributed by atoms with Gasteiger partial charge in [-0.25, -0.2) is 18.4 Å². The number of aryl methyl sites for hydroxylation is 2. The number of carbonyl (C=O) groups excluding carboxylic acids is 2. The van der Waals surface area contributed by atoms with Crippen LogP contribution in [0.25, 0.3) is 0 Å². The van der Waals surface area contributed by atoms with Gasteiger partial charge in [-0.1, -0.05) is 42.5 Å². The molecule has 1 aromatic heterocycles. The summed E-state index contributed by atoms with van der Waals surface area (Å²) >= 11 is 0. The Morgan fingerprint density at radius 2 is 1.55 bits per heavy atom. The Labute approximate surface area is 260 Å². The molecular formula is C34H41N5O4S. The molecule has 0 unspecified atom stereocenters. The van der Waals surface area contributed by atoms with Gasteiger partial charge >= 0.3 is 0 Å². The van der Waals surface area contributed by atoms with Crippen molar-refractivity contribution < 1.29 is 18.0 Å². The van der Waals surface area contributed by atoms with Crippen molar-refractivity contribution in [3.05, 3.63) is 89.0 Å². The van der Waals surface area contributed by atoms with E-state index < -0.39 is 9.84 Å². The molecule has 9 nitrogen and oxygen atoms in total. The van der Waals surface area contributed by atoms with Gasteiger partial charge in [-0.05, 0) is 75.4 Å². The van der Waals surface area contributed by atoms with Gasteiger partial charge in [-0.2, -0.15) is 0 Å². The summed E-state index contributed by atoms with van der Waals surface area (Å²) in [7, 11) is -3.25. The van der Waals surface area contributed by atoms with Crippen LogP contribution in [0.3, 0.4) is 0 Å². The number of likely N-dealkylation sites (tertiary alicyclic amines) is 3. The molecule has 0 saturated carbocycles. The molecule has 0 N–H and O–H groups in total. The molecule has 3 aliphatic heterocycles. The molecule has 232 valence electrons. The number of piperidine rings is 1. The standard InChI is InChI=1S/C34H41N5O4S/c1-24-31(25(2)36-23-35-24)32(40)39-21-28(30(22-39)27-7-5-4-6-8-27)20-37-16-13-34(14-17-37)15-18-38(33(34)41)19-26-9-11-29(12-10-26)44(3,42)43/h4-12,23,28,30H,13-22H2,1-3H3/t28-,30+/m0/s1. The molecule has 10 heteroatoms. The van der Waals surface area contributed by atoms with E-state index in [4.69, 9.17) is 0 Å². The summed E-state index contributed by atoms with van der Waals surface area (Å²) in [5.41, 5.74) is 3.91. The van der Waals surface area contributed by atoms with E-state index >= 15 is 0 Å². The molecule has 3 saturated heterocycles. The Morgan fingerprint density at radius 1 is 0.909 bits per heavy atom. The summed E-state index contributed by atoms with van der Waals surface area (Å²) in [6.45, 7) is 8.92. The van der Waals surface area contributed by atoms with Crippen molar-refractivity contribution >= 4 is 21.7 Å². The highest BCUT2D eigenvalue weighted by Crippen LogP contribution is 2.43. The first-order chi connectivity index (χ1) is 21.0. The van der Waals surface area contributed by atoms with Crippen LogP contribution in [0.1, 0.15) is 58.1 Å². The van der Waals surface area contributed by atoms with Crippen molar-refractivity contribution in [3.8, 4) is 0 Å². The van der Waals surface area contributed by atoms with Gasteiger partial charge in [-0.15, -0.1) is 0 Å². The molecule has 3 fully saturated rings. The number of nitrogens with zero attached hydrogens (tertiary/aromatic N) is 5. The number of hydrogen-bond donors (Lipinski definition) is 0. The quantitative estimate of drug-likeness (QED) is 0.398. The van der Waals surface area contributed by atoms with Gasteiger partial charge in [0.25, 0.3) is 5.91 Å². The minimum Gasteiger partial charge on any atom is -0.338 e. The predicted octanol–water partition coefficient (Wildman–Crippen LogP) is 3.87. The number of rotatable bonds is 7. The minimum atomic E-state index is -3.25. The lowest BCUT2D eigenvalue weighted by Crippen LogP contribution is -2.46. The van der Waals surface area contributed by atoms with Crippen molar-refractivity contribution in [1.82, 2.24) is 24.7 Å². The summed E-state index contributed by atoms with van der Waals surface area (Å²) in [6, 6.07) is 17.4. The first-order valence-electron chi connectivity index (χ1n) is 15.5. The maximum atomic E-state index is 13.7. The number of aromatic nitrogens is 2. The highest BCUT2D eigenvalue weighted by Gasteiger charge is 2.48. The number of hydrogen-bond acceptors (Lipinski definition) is 7. The van der Waals surface area contributed by atoms with Gasteiger partial charge in [0.1, 0.15) is 6.33 Å². The van der Waals surface area contributed by atoms with Crippen LogP contribution in [0.2, 0.25) is 0 Å². The van der Waals surface area contributed by atoms with Gasteiger partial charge in [-0.3, -0.25) is 9.59 Å². The molecule has 4 heterocycles. The van der Waals surface area contributed by atoms with E-state index in [-0.39, 0.29) is 29.1 Å². The topological polar surface area (TPSA) is 104 Å². The molecule has 2 amide bonds. The van der Waals surface area contributed by atoms with E-state index in [0.717, 1.165) is 51.0 Å². The largest absolute Gasteiger partial charge is 0.338 e. The van der Waals surface area contributed by atoms with Gasteiger partial charge in [0.2, 0.25) is 5.91 Å². The van der Waals surface area contributed by atoms with Crippen molar-refractivity contribution in [2.24, 2.45) is 11.3 Å². The highest BCUT2D eigenvalue weighted by molar-refractivity contribution is 7.90. The second-order valence-electron chi connectivity index (χ2n) is 12.9. The van der Waals surface area contributed by atoms with Crippen LogP contribution in [-0.2, 0) is 21.2 Å². The van der Waals surface area contributed by atoms with Crippen LogP contribution in [0.5, 0.6) is 0 Å². The monoisotopic (exact) mass is 615 g/mol. The van der Waals surface area contributed by atoms with E-state index in [1.165, 1.54) is 18.1 Å². The molecule has 2 aromatic carbocycles. The summed E-state index contributed by atoms with van der Waals surface area (Å²) in [5, 5.41) is 0. The molecule has 3 aromatic rings. The zero-order chi connectivity index (χ0) is 31.1. The lowest BCUT2D eigenvalue weighted by Gasteiger charge is -2.39. The molecule has 3 aliphatic rings. The van der Waals surface area contributed by atoms with Gasteiger partial charge in [0, 0.05) is 44.9 Å². The van der Waals surface area contributed by atoms with Crippen LogP contribution in [0.4, 0.5) is 0 Å².